The van der Waals surface area contributed by atoms with Crippen LogP contribution < -0.4 is 4.74 Å². The van der Waals surface area contributed by atoms with Crippen LogP contribution in [0.15, 0.2) is 17.1 Å². The molecule has 0 unspecified atom stereocenters. The molecular formula is C11H11BrN2O. The summed E-state index contributed by atoms with van der Waals surface area (Å²) in [7, 11) is 0. The van der Waals surface area contributed by atoms with Gasteiger partial charge in [-0.05, 0) is 13.8 Å². The van der Waals surface area contributed by atoms with Crippen molar-refractivity contribution in [2.24, 2.45) is 0 Å². The van der Waals surface area contributed by atoms with Crippen molar-refractivity contribution in [3.63, 3.8) is 0 Å². The summed E-state index contributed by atoms with van der Waals surface area (Å²) in [6.07, 6.45) is 0. The Balaban J connectivity index is 3.05. The number of aromatic nitrogens is 1. The van der Waals surface area contributed by atoms with Crippen LogP contribution in [0, 0.1) is 25.2 Å². The molecule has 1 heterocycles. The zero-order valence-electron chi connectivity index (χ0n) is 8.67. The zero-order valence-corrected chi connectivity index (χ0v) is 10.3. The summed E-state index contributed by atoms with van der Waals surface area (Å²) in [6, 6.07) is 3.83. The average Bonchev–Trinajstić information content (AvgIpc) is 2.13. The first-order valence-electron chi connectivity index (χ1n) is 4.39. The Hall–Kier alpha value is -1.34. The van der Waals surface area contributed by atoms with Crippen LogP contribution in [0.3, 0.4) is 0 Å². The van der Waals surface area contributed by atoms with Crippen LogP contribution in [0.5, 0.6) is 5.75 Å². The maximum Gasteiger partial charge on any atom is 0.141 e. The van der Waals surface area contributed by atoms with Gasteiger partial charge in [0.15, 0.2) is 0 Å². The average molecular weight is 267 g/mol. The predicted octanol–water partition coefficient (Wildman–Crippen LogP) is 2.86. The lowest BCUT2D eigenvalue weighted by molar-refractivity contribution is 0.358. The number of hydrogen-bond donors (Lipinski definition) is 0. The highest BCUT2D eigenvalue weighted by Gasteiger charge is 2.09. The Kier molecular flexibility index (Phi) is 3.87. The maximum atomic E-state index is 8.95. The molecule has 0 radical (unpaired) electrons. The number of nitrogens with zero attached hydrogens (tertiary/aromatic N) is 2. The molecule has 0 spiro atoms. The first-order chi connectivity index (χ1) is 7.04. The molecule has 0 fully saturated rings. The Labute approximate surface area is 97.5 Å². The molecule has 0 aliphatic heterocycles. The van der Waals surface area contributed by atoms with Crippen molar-refractivity contribution in [2.45, 2.75) is 13.8 Å². The van der Waals surface area contributed by atoms with E-state index in [4.69, 9.17) is 10.00 Å². The van der Waals surface area contributed by atoms with Gasteiger partial charge in [-0.2, -0.15) is 5.26 Å². The fraction of sp³-hybridized carbons (Fsp3) is 0.273. The molecule has 1 aromatic heterocycles. The van der Waals surface area contributed by atoms with Crippen molar-refractivity contribution in [2.75, 3.05) is 6.61 Å². The van der Waals surface area contributed by atoms with Gasteiger partial charge in [0.25, 0.3) is 0 Å². The van der Waals surface area contributed by atoms with Crippen LogP contribution in [0.1, 0.15) is 17.0 Å². The molecule has 0 aliphatic carbocycles. The van der Waals surface area contributed by atoms with Gasteiger partial charge in [0, 0.05) is 16.2 Å². The summed E-state index contributed by atoms with van der Waals surface area (Å²) in [5.74, 6) is 0.558. The first kappa shape index (κ1) is 11.7. The minimum Gasteiger partial charge on any atom is -0.487 e. The van der Waals surface area contributed by atoms with E-state index in [0.717, 1.165) is 10.2 Å². The third-order valence-corrected chi connectivity index (χ3v) is 2.02. The van der Waals surface area contributed by atoms with Gasteiger partial charge >= 0.3 is 0 Å². The Morgan fingerprint density at radius 3 is 2.87 bits per heavy atom. The lowest BCUT2D eigenvalue weighted by Gasteiger charge is -2.09. The first-order valence-corrected chi connectivity index (χ1v) is 5.18. The summed E-state index contributed by atoms with van der Waals surface area (Å²) in [5, 5.41) is 8.95. The zero-order chi connectivity index (χ0) is 11.4. The SMILES string of the molecule is C=C(Br)COc1cc(C)nc(C)c1C#N. The second-order valence-corrected chi connectivity index (χ2v) is 4.26. The summed E-state index contributed by atoms with van der Waals surface area (Å²) in [5.41, 5.74) is 2.00. The van der Waals surface area contributed by atoms with Crippen molar-refractivity contribution in [3.8, 4) is 11.8 Å². The normalized spacial score (nSPS) is 9.47. The molecule has 1 aromatic rings. The number of halogens is 1. The van der Waals surface area contributed by atoms with E-state index in [9.17, 15) is 0 Å². The lowest BCUT2D eigenvalue weighted by atomic mass is 10.2. The highest BCUT2D eigenvalue weighted by molar-refractivity contribution is 9.11. The summed E-state index contributed by atoms with van der Waals surface area (Å²) in [6.45, 7) is 7.67. The van der Waals surface area contributed by atoms with E-state index in [0.29, 0.717) is 23.6 Å². The molecule has 4 heteroatoms. The molecule has 78 valence electrons. The number of nitriles is 1. The van der Waals surface area contributed by atoms with Crippen molar-refractivity contribution < 1.29 is 4.74 Å². The molecule has 0 bridgehead atoms. The minimum atomic E-state index is 0.345. The number of pyridine rings is 1. The van der Waals surface area contributed by atoms with Gasteiger partial charge in [-0.25, -0.2) is 0 Å². The van der Waals surface area contributed by atoms with E-state index in [-0.39, 0.29) is 0 Å². The number of rotatable bonds is 3. The van der Waals surface area contributed by atoms with E-state index < -0.39 is 0 Å². The van der Waals surface area contributed by atoms with Crippen LogP contribution >= 0.6 is 15.9 Å². The van der Waals surface area contributed by atoms with Crippen molar-refractivity contribution in [3.05, 3.63) is 34.1 Å². The standard InChI is InChI=1S/C11H11BrN2O/c1-7(12)6-15-11-4-8(2)14-9(3)10(11)5-13/h4H,1,6H2,2-3H3. The molecule has 3 nitrogen and oxygen atoms in total. The van der Waals surface area contributed by atoms with Gasteiger partial charge in [0.2, 0.25) is 0 Å². The van der Waals surface area contributed by atoms with Crippen molar-refractivity contribution in [1.82, 2.24) is 4.98 Å². The summed E-state index contributed by atoms with van der Waals surface area (Å²) in [4.78, 5) is 4.20. The van der Waals surface area contributed by atoms with Gasteiger partial charge in [0.1, 0.15) is 24.0 Å². The highest BCUT2D eigenvalue weighted by Crippen LogP contribution is 2.22. The third kappa shape index (κ3) is 3.07. The molecule has 0 aromatic carbocycles. The molecular weight excluding hydrogens is 256 g/mol. The summed E-state index contributed by atoms with van der Waals surface area (Å²) < 4.78 is 6.18. The fourth-order valence-electron chi connectivity index (χ4n) is 1.20. The van der Waals surface area contributed by atoms with E-state index in [2.05, 4.69) is 33.6 Å². The molecule has 0 amide bonds. The van der Waals surface area contributed by atoms with Gasteiger partial charge < -0.3 is 4.74 Å². The third-order valence-electron chi connectivity index (χ3n) is 1.79. The molecule has 0 atom stereocenters. The van der Waals surface area contributed by atoms with E-state index in [1.807, 2.05) is 6.92 Å². The predicted molar refractivity (Wildman–Crippen MR) is 62.0 cm³/mol. The monoisotopic (exact) mass is 266 g/mol. The van der Waals surface area contributed by atoms with E-state index in [1.54, 1.807) is 13.0 Å². The maximum absolute atomic E-state index is 8.95. The van der Waals surface area contributed by atoms with Crippen LogP contribution in [0.4, 0.5) is 0 Å². The van der Waals surface area contributed by atoms with Crippen molar-refractivity contribution in [1.29, 1.82) is 5.26 Å². The Morgan fingerprint density at radius 1 is 1.67 bits per heavy atom. The molecule has 15 heavy (non-hydrogen) atoms. The number of hydrogen-bond acceptors (Lipinski definition) is 3. The molecule has 0 N–H and O–H groups in total. The van der Waals surface area contributed by atoms with Gasteiger partial charge in [0.05, 0.1) is 5.69 Å². The van der Waals surface area contributed by atoms with Gasteiger partial charge in [-0.3, -0.25) is 4.98 Å². The molecule has 0 aliphatic rings. The second kappa shape index (κ2) is 4.94. The summed E-state index contributed by atoms with van der Waals surface area (Å²) >= 11 is 3.20. The van der Waals surface area contributed by atoms with Gasteiger partial charge in [-0.15, -0.1) is 0 Å². The molecule has 0 saturated carbocycles. The molecule has 1 rings (SSSR count). The quantitative estimate of drug-likeness (QED) is 0.845. The highest BCUT2D eigenvalue weighted by atomic mass is 79.9. The lowest BCUT2D eigenvalue weighted by Crippen LogP contribution is -2.01. The van der Waals surface area contributed by atoms with Crippen LogP contribution in [0.2, 0.25) is 0 Å². The molecule has 0 saturated heterocycles. The largest absolute Gasteiger partial charge is 0.487 e. The van der Waals surface area contributed by atoms with Crippen LogP contribution in [-0.4, -0.2) is 11.6 Å². The van der Waals surface area contributed by atoms with E-state index >= 15 is 0 Å². The second-order valence-electron chi connectivity index (χ2n) is 3.14. The number of ether oxygens (including phenoxy) is 1. The number of aryl methyl sites for hydroxylation is 2. The van der Waals surface area contributed by atoms with Crippen LogP contribution in [-0.2, 0) is 0 Å². The Bertz CT molecular complexity index is 435. The van der Waals surface area contributed by atoms with Gasteiger partial charge in [-0.1, -0.05) is 22.5 Å². The van der Waals surface area contributed by atoms with Crippen molar-refractivity contribution >= 4 is 15.9 Å². The topological polar surface area (TPSA) is 45.9 Å². The smallest absolute Gasteiger partial charge is 0.141 e. The van der Waals surface area contributed by atoms with Crippen LogP contribution in [0.25, 0.3) is 0 Å². The van der Waals surface area contributed by atoms with E-state index in [1.165, 1.54) is 0 Å². The Morgan fingerprint density at radius 2 is 2.33 bits per heavy atom. The minimum absolute atomic E-state index is 0.345. The fourth-order valence-corrected chi connectivity index (χ4v) is 1.31.